The fourth-order valence-electron chi connectivity index (χ4n) is 2.18. The molecule has 108 valence electrons. The van der Waals surface area contributed by atoms with Gasteiger partial charge in [-0.2, -0.15) is 0 Å². The van der Waals surface area contributed by atoms with E-state index in [9.17, 15) is 0 Å². The van der Waals surface area contributed by atoms with Crippen LogP contribution in [-0.2, 0) is 0 Å². The molecule has 1 aromatic carbocycles. The van der Waals surface area contributed by atoms with Gasteiger partial charge in [-0.15, -0.1) is 23.1 Å². The molecule has 1 atom stereocenters. The van der Waals surface area contributed by atoms with Crippen LogP contribution in [-0.4, -0.2) is 17.3 Å². The third kappa shape index (κ3) is 3.62. The van der Waals surface area contributed by atoms with Crippen molar-refractivity contribution in [3.63, 3.8) is 0 Å². The zero-order chi connectivity index (χ0) is 14.5. The van der Waals surface area contributed by atoms with Gasteiger partial charge in [0, 0.05) is 28.3 Å². The van der Waals surface area contributed by atoms with Crippen molar-refractivity contribution in [2.75, 3.05) is 12.3 Å². The van der Waals surface area contributed by atoms with Crippen LogP contribution in [0.1, 0.15) is 32.4 Å². The molecule has 0 aliphatic carbocycles. The Morgan fingerprint density at radius 2 is 1.95 bits per heavy atom. The van der Waals surface area contributed by atoms with E-state index < -0.39 is 0 Å². The third-order valence-electron chi connectivity index (χ3n) is 3.37. The lowest BCUT2D eigenvalue weighted by Gasteiger charge is -2.15. The van der Waals surface area contributed by atoms with Gasteiger partial charge in [0.2, 0.25) is 0 Å². The summed E-state index contributed by atoms with van der Waals surface area (Å²) in [5.41, 5.74) is 8.20. The number of nitrogens with two attached hydrogens (primary N) is 1. The Balaban J connectivity index is 2.19. The van der Waals surface area contributed by atoms with Crippen LogP contribution in [0, 0.1) is 5.92 Å². The number of hydrogen-bond donors (Lipinski definition) is 1. The quantitative estimate of drug-likeness (QED) is 0.791. The molecule has 0 bridgehead atoms. The maximum Gasteiger partial charge on any atom is 0.123 e. The second-order valence-corrected chi connectivity index (χ2v) is 7.32. The number of thiazole rings is 1. The number of rotatable bonds is 6. The molecular formula is C16H22N2S2. The van der Waals surface area contributed by atoms with Crippen LogP contribution >= 0.6 is 23.1 Å². The Kier molecular flexibility index (Phi) is 5.64. The van der Waals surface area contributed by atoms with Crippen LogP contribution in [0.4, 0.5) is 0 Å². The first-order chi connectivity index (χ1) is 9.65. The molecule has 2 N–H and O–H groups in total. The van der Waals surface area contributed by atoms with Crippen molar-refractivity contribution in [3.8, 4) is 10.6 Å². The van der Waals surface area contributed by atoms with Gasteiger partial charge in [0.1, 0.15) is 5.01 Å². The molecular weight excluding hydrogens is 284 g/mol. The molecule has 0 saturated heterocycles. The van der Waals surface area contributed by atoms with E-state index in [0.29, 0.717) is 18.4 Å². The van der Waals surface area contributed by atoms with Crippen LogP contribution < -0.4 is 5.73 Å². The van der Waals surface area contributed by atoms with Gasteiger partial charge in [-0.3, -0.25) is 0 Å². The molecule has 4 heteroatoms. The highest BCUT2D eigenvalue weighted by atomic mass is 32.2. The predicted octanol–water partition coefficient (Wildman–Crippen LogP) is 4.62. The lowest BCUT2D eigenvalue weighted by molar-refractivity contribution is 0.498. The summed E-state index contributed by atoms with van der Waals surface area (Å²) >= 11 is 3.57. The molecule has 0 fully saturated rings. The molecule has 2 rings (SSSR count). The monoisotopic (exact) mass is 306 g/mol. The molecule has 0 aliphatic rings. The summed E-state index contributed by atoms with van der Waals surface area (Å²) in [5, 5.41) is 3.24. The normalized spacial score (nSPS) is 12.8. The number of hydrogen-bond acceptors (Lipinski definition) is 4. The van der Waals surface area contributed by atoms with Crippen molar-refractivity contribution < 1.29 is 0 Å². The van der Waals surface area contributed by atoms with Crippen molar-refractivity contribution in [1.29, 1.82) is 0 Å². The molecule has 2 nitrogen and oxygen atoms in total. The number of aromatic nitrogens is 1. The first-order valence-electron chi connectivity index (χ1n) is 7.04. The molecule has 20 heavy (non-hydrogen) atoms. The van der Waals surface area contributed by atoms with E-state index in [1.165, 1.54) is 10.5 Å². The highest BCUT2D eigenvalue weighted by Crippen LogP contribution is 2.31. The van der Waals surface area contributed by atoms with E-state index in [1.807, 2.05) is 11.8 Å². The van der Waals surface area contributed by atoms with Gasteiger partial charge in [-0.25, -0.2) is 4.98 Å². The largest absolute Gasteiger partial charge is 0.330 e. The predicted molar refractivity (Wildman–Crippen MR) is 90.6 cm³/mol. The summed E-state index contributed by atoms with van der Waals surface area (Å²) in [4.78, 5) is 6.10. The van der Waals surface area contributed by atoms with E-state index in [-0.39, 0.29) is 0 Å². The Morgan fingerprint density at radius 3 is 2.50 bits per heavy atom. The van der Waals surface area contributed by atoms with Gasteiger partial charge in [-0.1, -0.05) is 32.9 Å². The van der Waals surface area contributed by atoms with Crippen molar-refractivity contribution >= 4 is 23.1 Å². The maximum atomic E-state index is 5.87. The van der Waals surface area contributed by atoms with Crippen molar-refractivity contribution in [1.82, 2.24) is 4.98 Å². The smallest absolute Gasteiger partial charge is 0.123 e. The van der Waals surface area contributed by atoms with E-state index in [4.69, 9.17) is 10.7 Å². The number of nitrogens with zero attached hydrogens (tertiary/aromatic N) is 1. The summed E-state index contributed by atoms with van der Waals surface area (Å²) in [7, 11) is 0. The average Bonchev–Trinajstić information content (AvgIpc) is 2.90. The molecule has 0 radical (unpaired) electrons. The van der Waals surface area contributed by atoms with Gasteiger partial charge in [0.15, 0.2) is 0 Å². The van der Waals surface area contributed by atoms with Crippen LogP contribution in [0.3, 0.4) is 0 Å². The van der Waals surface area contributed by atoms with E-state index in [2.05, 4.69) is 50.4 Å². The van der Waals surface area contributed by atoms with Crippen molar-refractivity contribution in [2.24, 2.45) is 11.7 Å². The fourth-order valence-corrected chi connectivity index (χ4v) is 3.74. The summed E-state index contributed by atoms with van der Waals surface area (Å²) < 4.78 is 0. The minimum absolute atomic E-state index is 0.356. The minimum atomic E-state index is 0.356. The summed E-state index contributed by atoms with van der Waals surface area (Å²) in [6.45, 7) is 7.23. The molecule has 0 saturated carbocycles. The topological polar surface area (TPSA) is 38.9 Å². The second kappa shape index (κ2) is 7.25. The van der Waals surface area contributed by atoms with E-state index >= 15 is 0 Å². The van der Waals surface area contributed by atoms with Gasteiger partial charge in [0.05, 0.1) is 5.69 Å². The lowest BCUT2D eigenvalue weighted by atomic mass is 9.93. The first-order valence-corrected chi connectivity index (χ1v) is 8.91. The molecule has 0 aliphatic heterocycles. The summed E-state index contributed by atoms with van der Waals surface area (Å²) in [6.07, 6.45) is 0. The van der Waals surface area contributed by atoms with E-state index in [1.54, 1.807) is 11.3 Å². The SMILES string of the molecule is CCSc1ccc(-c2nc(C(CN)C(C)C)cs2)cc1. The molecule has 1 aromatic heterocycles. The summed E-state index contributed by atoms with van der Waals surface area (Å²) in [5.74, 6) is 1.99. The van der Waals surface area contributed by atoms with Gasteiger partial charge in [-0.05, 0) is 23.8 Å². The molecule has 0 amide bonds. The lowest BCUT2D eigenvalue weighted by Crippen LogP contribution is -2.18. The summed E-state index contributed by atoms with van der Waals surface area (Å²) in [6, 6.07) is 8.67. The number of benzene rings is 1. The molecule has 0 spiro atoms. The van der Waals surface area contributed by atoms with Gasteiger partial charge in [0.25, 0.3) is 0 Å². The van der Waals surface area contributed by atoms with Crippen molar-refractivity contribution in [2.45, 2.75) is 31.6 Å². The number of thioether (sulfide) groups is 1. The fraction of sp³-hybridized carbons (Fsp3) is 0.438. The Morgan fingerprint density at radius 1 is 1.25 bits per heavy atom. The first kappa shape index (κ1) is 15.5. The van der Waals surface area contributed by atoms with Gasteiger partial charge >= 0.3 is 0 Å². The van der Waals surface area contributed by atoms with Gasteiger partial charge < -0.3 is 5.73 Å². The van der Waals surface area contributed by atoms with Crippen LogP contribution in [0.25, 0.3) is 10.6 Å². The Hall–Kier alpha value is -0.840. The minimum Gasteiger partial charge on any atom is -0.330 e. The van der Waals surface area contributed by atoms with Crippen LogP contribution in [0.2, 0.25) is 0 Å². The zero-order valence-corrected chi connectivity index (χ0v) is 13.9. The van der Waals surface area contributed by atoms with Crippen LogP contribution in [0.15, 0.2) is 34.5 Å². The highest BCUT2D eigenvalue weighted by Gasteiger charge is 2.17. The Bertz CT molecular complexity index is 532. The molecule has 2 aromatic rings. The molecule has 1 heterocycles. The van der Waals surface area contributed by atoms with E-state index in [0.717, 1.165) is 16.5 Å². The zero-order valence-electron chi connectivity index (χ0n) is 12.3. The second-order valence-electron chi connectivity index (χ2n) is 5.12. The average molecular weight is 306 g/mol. The standard InChI is InChI=1S/C16H22N2S2/c1-4-19-13-7-5-12(6-8-13)16-18-15(10-20-16)14(9-17)11(2)3/h5-8,10-11,14H,4,9,17H2,1-3H3. The third-order valence-corrected chi connectivity index (χ3v) is 5.18. The molecule has 1 unspecified atom stereocenters. The van der Waals surface area contributed by atoms with Crippen LogP contribution in [0.5, 0.6) is 0 Å². The van der Waals surface area contributed by atoms with Crippen molar-refractivity contribution in [3.05, 3.63) is 35.3 Å². The Labute approximate surface area is 129 Å². The highest BCUT2D eigenvalue weighted by molar-refractivity contribution is 7.99. The maximum absolute atomic E-state index is 5.87.